The van der Waals surface area contributed by atoms with Crippen LogP contribution in [0, 0.1) is 0 Å². The second-order valence-electron chi connectivity index (χ2n) is 3.92. The first kappa shape index (κ1) is 13.9. The minimum atomic E-state index is 0.0790. The minimum absolute atomic E-state index is 0.0790. The molecule has 1 nitrogen and oxygen atoms in total. The van der Waals surface area contributed by atoms with Crippen molar-refractivity contribution in [3.8, 4) is 0 Å². The van der Waals surface area contributed by atoms with Crippen molar-refractivity contribution in [3.05, 3.63) is 68.1 Å². The molecule has 0 spiro atoms. The van der Waals surface area contributed by atoms with Crippen molar-refractivity contribution < 1.29 is 0 Å². The fourth-order valence-electron chi connectivity index (χ4n) is 1.90. The Morgan fingerprint density at radius 2 is 1.78 bits per heavy atom. The van der Waals surface area contributed by atoms with Crippen LogP contribution in [0.5, 0.6) is 0 Å². The molecule has 18 heavy (non-hydrogen) atoms. The largest absolute Gasteiger partial charge is 0.309 e. The fraction of sp³-hybridized carbons (Fsp3) is 0.143. The first-order chi connectivity index (χ1) is 8.63. The molecule has 0 aliphatic heterocycles. The Balaban J connectivity index is 2.45. The predicted molar refractivity (Wildman–Crippen MR) is 81.5 cm³/mol. The zero-order valence-corrected chi connectivity index (χ0v) is 12.9. The van der Waals surface area contributed by atoms with Crippen molar-refractivity contribution >= 4 is 39.1 Å². The number of halogens is 3. The van der Waals surface area contributed by atoms with Gasteiger partial charge in [-0.05, 0) is 36.4 Å². The zero-order chi connectivity index (χ0) is 13.1. The van der Waals surface area contributed by atoms with Crippen LogP contribution in [0.2, 0.25) is 10.0 Å². The van der Waals surface area contributed by atoms with Gasteiger partial charge in [0.25, 0.3) is 0 Å². The summed E-state index contributed by atoms with van der Waals surface area (Å²) in [7, 11) is 1.92. The van der Waals surface area contributed by atoms with Crippen molar-refractivity contribution in [2.75, 3.05) is 7.05 Å². The van der Waals surface area contributed by atoms with Crippen molar-refractivity contribution in [2.45, 2.75) is 6.04 Å². The summed E-state index contributed by atoms with van der Waals surface area (Å²) in [5.41, 5.74) is 2.25. The van der Waals surface area contributed by atoms with E-state index in [9.17, 15) is 0 Å². The van der Waals surface area contributed by atoms with Gasteiger partial charge in [-0.3, -0.25) is 0 Å². The van der Waals surface area contributed by atoms with E-state index in [1.54, 1.807) is 0 Å². The summed E-state index contributed by atoms with van der Waals surface area (Å²) in [6.45, 7) is 0. The van der Waals surface area contributed by atoms with Gasteiger partial charge in [0.2, 0.25) is 0 Å². The summed E-state index contributed by atoms with van der Waals surface area (Å²) in [6.07, 6.45) is 0. The molecule has 2 aromatic rings. The monoisotopic (exact) mass is 343 g/mol. The molecule has 0 aromatic heterocycles. The fourth-order valence-corrected chi connectivity index (χ4v) is 2.72. The Morgan fingerprint density at radius 3 is 2.39 bits per heavy atom. The molecule has 0 heterocycles. The average Bonchev–Trinajstić information content (AvgIpc) is 2.37. The number of nitrogens with one attached hydrogen (secondary N) is 1. The molecule has 2 rings (SSSR count). The first-order valence-corrected chi connectivity index (χ1v) is 7.05. The Kier molecular flexibility index (Phi) is 4.68. The van der Waals surface area contributed by atoms with E-state index in [0.29, 0.717) is 10.0 Å². The summed E-state index contributed by atoms with van der Waals surface area (Å²) in [6, 6.07) is 13.9. The summed E-state index contributed by atoms with van der Waals surface area (Å²) in [4.78, 5) is 0. The van der Waals surface area contributed by atoms with E-state index >= 15 is 0 Å². The van der Waals surface area contributed by atoms with Crippen LogP contribution in [0.3, 0.4) is 0 Å². The SMILES string of the molecule is CNC(c1ccc(Cl)c(Cl)c1)c1ccccc1Br. The third-order valence-corrected chi connectivity index (χ3v) is 4.24. The lowest BCUT2D eigenvalue weighted by Crippen LogP contribution is -2.18. The van der Waals surface area contributed by atoms with Gasteiger partial charge in [0, 0.05) is 4.47 Å². The molecule has 0 aliphatic rings. The molecule has 0 amide bonds. The highest BCUT2D eigenvalue weighted by atomic mass is 79.9. The van der Waals surface area contributed by atoms with Gasteiger partial charge in [-0.25, -0.2) is 0 Å². The highest BCUT2D eigenvalue weighted by Crippen LogP contribution is 2.31. The molecular weight excluding hydrogens is 333 g/mol. The molecule has 1 unspecified atom stereocenters. The second kappa shape index (κ2) is 6.07. The van der Waals surface area contributed by atoms with E-state index in [4.69, 9.17) is 23.2 Å². The van der Waals surface area contributed by atoms with Crippen LogP contribution in [0.25, 0.3) is 0 Å². The molecule has 0 aliphatic carbocycles. The van der Waals surface area contributed by atoms with Crippen LogP contribution in [-0.4, -0.2) is 7.05 Å². The van der Waals surface area contributed by atoms with Crippen LogP contribution in [0.4, 0.5) is 0 Å². The summed E-state index contributed by atoms with van der Waals surface area (Å²) < 4.78 is 1.07. The topological polar surface area (TPSA) is 12.0 Å². The highest BCUT2D eigenvalue weighted by Gasteiger charge is 2.15. The van der Waals surface area contributed by atoms with Gasteiger partial charge in [-0.1, -0.05) is 63.4 Å². The van der Waals surface area contributed by atoms with Crippen molar-refractivity contribution in [3.63, 3.8) is 0 Å². The maximum Gasteiger partial charge on any atom is 0.0595 e. The van der Waals surface area contributed by atoms with E-state index in [1.165, 1.54) is 5.56 Å². The molecule has 0 bridgehead atoms. The molecule has 0 saturated carbocycles. The molecule has 2 aromatic carbocycles. The van der Waals surface area contributed by atoms with E-state index in [1.807, 2.05) is 43.4 Å². The number of hydrogen-bond donors (Lipinski definition) is 1. The molecule has 0 radical (unpaired) electrons. The smallest absolute Gasteiger partial charge is 0.0595 e. The number of benzene rings is 2. The Morgan fingerprint density at radius 1 is 1.06 bits per heavy atom. The van der Waals surface area contributed by atoms with Gasteiger partial charge >= 0.3 is 0 Å². The third-order valence-electron chi connectivity index (χ3n) is 2.78. The maximum atomic E-state index is 6.07. The van der Waals surface area contributed by atoms with Crippen LogP contribution < -0.4 is 5.32 Å². The summed E-state index contributed by atoms with van der Waals surface area (Å²) >= 11 is 15.6. The lowest BCUT2D eigenvalue weighted by atomic mass is 9.99. The number of hydrogen-bond acceptors (Lipinski definition) is 1. The van der Waals surface area contributed by atoms with E-state index in [2.05, 4.69) is 27.3 Å². The molecular formula is C14H12BrCl2N. The number of rotatable bonds is 3. The first-order valence-electron chi connectivity index (χ1n) is 5.50. The molecule has 0 fully saturated rings. The van der Waals surface area contributed by atoms with Gasteiger partial charge in [-0.15, -0.1) is 0 Å². The quantitative estimate of drug-likeness (QED) is 0.820. The van der Waals surface area contributed by atoms with Crippen LogP contribution in [-0.2, 0) is 0 Å². The highest BCUT2D eigenvalue weighted by molar-refractivity contribution is 9.10. The van der Waals surface area contributed by atoms with E-state index in [0.717, 1.165) is 10.0 Å². The van der Waals surface area contributed by atoms with Crippen molar-refractivity contribution in [2.24, 2.45) is 0 Å². The zero-order valence-electron chi connectivity index (χ0n) is 9.75. The average molecular weight is 345 g/mol. The van der Waals surface area contributed by atoms with Crippen molar-refractivity contribution in [1.82, 2.24) is 5.32 Å². The van der Waals surface area contributed by atoms with Crippen LogP contribution >= 0.6 is 39.1 Å². The van der Waals surface area contributed by atoms with Crippen LogP contribution in [0.1, 0.15) is 17.2 Å². The Labute approximate surface area is 125 Å². The van der Waals surface area contributed by atoms with Gasteiger partial charge in [-0.2, -0.15) is 0 Å². The molecule has 1 N–H and O–H groups in total. The van der Waals surface area contributed by atoms with Crippen LogP contribution in [0.15, 0.2) is 46.9 Å². The molecule has 1 atom stereocenters. The Bertz CT molecular complexity index is 557. The van der Waals surface area contributed by atoms with Crippen molar-refractivity contribution in [1.29, 1.82) is 0 Å². The Hall–Kier alpha value is -0.540. The third kappa shape index (κ3) is 2.89. The maximum absolute atomic E-state index is 6.07. The van der Waals surface area contributed by atoms with Gasteiger partial charge in [0.1, 0.15) is 0 Å². The summed E-state index contributed by atoms with van der Waals surface area (Å²) in [5.74, 6) is 0. The van der Waals surface area contributed by atoms with E-state index < -0.39 is 0 Å². The van der Waals surface area contributed by atoms with Gasteiger partial charge in [0.15, 0.2) is 0 Å². The lowest BCUT2D eigenvalue weighted by molar-refractivity contribution is 0.689. The molecule has 94 valence electrons. The standard InChI is InChI=1S/C14H12BrCl2N/c1-18-14(10-4-2-3-5-11(10)15)9-6-7-12(16)13(17)8-9/h2-8,14,18H,1H3. The normalized spacial score (nSPS) is 12.4. The second-order valence-corrected chi connectivity index (χ2v) is 5.59. The van der Waals surface area contributed by atoms with E-state index in [-0.39, 0.29) is 6.04 Å². The summed E-state index contributed by atoms with van der Waals surface area (Å²) in [5, 5.41) is 4.43. The minimum Gasteiger partial charge on any atom is -0.309 e. The lowest BCUT2D eigenvalue weighted by Gasteiger charge is -2.19. The molecule has 0 saturated heterocycles. The molecule has 4 heteroatoms. The predicted octanol–water partition coefficient (Wildman–Crippen LogP) is 5.06. The van der Waals surface area contributed by atoms with Gasteiger partial charge in [0.05, 0.1) is 16.1 Å². The van der Waals surface area contributed by atoms with Gasteiger partial charge < -0.3 is 5.32 Å².